The van der Waals surface area contributed by atoms with Crippen LogP contribution in [0.5, 0.6) is 0 Å². The van der Waals surface area contributed by atoms with Crippen LogP contribution in [0.25, 0.3) is 0 Å². The summed E-state index contributed by atoms with van der Waals surface area (Å²) in [4.78, 5) is 19.7. The van der Waals surface area contributed by atoms with Crippen molar-refractivity contribution in [2.24, 2.45) is 0 Å². The molecule has 6 nitrogen and oxygen atoms in total. The number of hydrogen-bond acceptors (Lipinski definition) is 6. The first-order chi connectivity index (χ1) is 13.8. The maximum atomic E-state index is 12.8. The van der Waals surface area contributed by atoms with Crippen LogP contribution in [0.2, 0.25) is 0 Å². The van der Waals surface area contributed by atoms with E-state index in [-0.39, 0.29) is 5.91 Å². The molecule has 4 rings (SSSR count). The van der Waals surface area contributed by atoms with E-state index < -0.39 is 0 Å². The summed E-state index contributed by atoms with van der Waals surface area (Å²) in [5.41, 5.74) is 3.25. The van der Waals surface area contributed by atoms with Crippen molar-refractivity contribution in [2.75, 3.05) is 36.9 Å². The minimum Gasteiger partial charge on any atom is -0.379 e. The molecule has 0 atom stereocenters. The van der Waals surface area contributed by atoms with Gasteiger partial charge < -0.3 is 10.1 Å². The van der Waals surface area contributed by atoms with Crippen molar-refractivity contribution < 1.29 is 9.53 Å². The topological polar surface area (TPSA) is 66.5 Å². The Morgan fingerprint density at radius 1 is 1.07 bits per heavy atom. The van der Waals surface area contributed by atoms with Crippen LogP contribution in [0.15, 0.2) is 60.0 Å². The third kappa shape index (κ3) is 4.75. The van der Waals surface area contributed by atoms with E-state index in [9.17, 15) is 4.79 Å². The summed E-state index contributed by atoms with van der Waals surface area (Å²) in [7, 11) is 0. The quantitative estimate of drug-likeness (QED) is 0.662. The van der Waals surface area contributed by atoms with Crippen LogP contribution < -0.4 is 10.6 Å². The number of ether oxygens (including phenoxy) is 1. The first-order valence-electron chi connectivity index (χ1n) is 9.25. The number of anilines is 3. The molecule has 7 heteroatoms. The number of rotatable bonds is 6. The van der Waals surface area contributed by atoms with Gasteiger partial charge in [0.2, 0.25) is 0 Å². The maximum Gasteiger partial charge on any atom is 0.259 e. The Balaban J connectivity index is 1.43. The molecule has 144 valence electrons. The van der Waals surface area contributed by atoms with Gasteiger partial charge >= 0.3 is 0 Å². The minimum atomic E-state index is -0.175. The van der Waals surface area contributed by atoms with E-state index in [1.165, 1.54) is 11.3 Å². The summed E-state index contributed by atoms with van der Waals surface area (Å²) in [5, 5.41) is 8.84. The second-order valence-electron chi connectivity index (χ2n) is 6.52. The lowest BCUT2D eigenvalue weighted by atomic mass is 10.1. The SMILES string of the molecule is O=C(Nc1nc(CN2CCOCC2)cs1)c1ccccc1Nc1ccccc1. The van der Waals surface area contributed by atoms with Crippen molar-refractivity contribution in [1.82, 2.24) is 9.88 Å². The highest BCUT2D eigenvalue weighted by atomic mass is 32.1. The molecule has 3 aromatic rings. The third-order valence-corrected chi connectivity index (χ3v) is 5.29. The zero-order valence-electron chi connectivity index (χ0n) is 15.4. The second-order valence-corrected chi connectivity index (χ2v) is 7.38. The van der Waals surface area contributed by atoms with Gasteiger partial charge in [-0.1, -0.05) is 30.3 Å². The van der Waals surface area contributed by atoms with Crippen LogP contribution in [-0.2, 0) is 11.3 Å². The number of carbonyl (C=O) groups excluding carboxylic acids is 1. The Morgan fingerprint density at radius 3 is 2.64 bits per heavy atom. The molecule has 28 heavy (non-hydrogen) atoms. The number of morpholine rings is 1. The summed E-state index contributed by atoms with van der Waals surface area (Å²) in [6.45, 7) is 4.13. The lowest BCUT2D eigenvalue weighted by Crippen LogP contribution is -2.35. The van der Waals surface area contributed by atoms with E-state index in [4.69, 9.17) is 4.74 Å². The average molecular weight is 395 g/mol. The first-order valence-corrected chi connectivity index (χ1v) is 10.1. The molecule has 1 aromatic heterocycles. The fourth-order valence-corrected chi connectivity index (χ4v) is 3.75. The van der Waals surface area contributed by atoms with Gasteiger partial charge in [0.05, 0.1) is 30.2 Å². The number of thiazole rings is 1. The highest BCUT2D eigenvalue weighted by Gasteiger charge is 2.15. The predicted molar refractivity (Wildman–Crippen MR) is 112 cm³/mol. The molecule has 1 amide bonds. The maximum absolute atomic E-state index is 12.8. The smallest absolute Gasteiger partial charge is 0.259 e. The van der Waals surface area contributed by atoms with Crippen molar-refractivity contribution >= 4 is 33.8 Å². The molecule has 0 unspecified atom stereocenters. The number of para-hydroxylation sites is 2. The largest absolute Gasteiger partial charge is 0.379 e. The summed E-state index contributed by atoms with van der Waals surface area (Å²) in [6.07, 6.45) is 0. The molecule has 1 saturated heterocycles. The summed E-state index contributed by atoms with van der Waals surface area (Å²) < 4.78 is 5.38. The van der Waals surface area contributed by atoms with E-state index in [2.05, 4.69) is 20.5 Å². The van der Waals surface area contributed by atoms with Crippen molar-refractivity contribution in [3.8, 4) is 0 Å². The molecule has 1 fully saturated rings. The fourth-order valence-electron chi connectivity index (χ4n) is 3.06. The van der Waals surface area contributed by atoms with Gasteiger partial charge in [0, 0.05) is 30.7 Å². The Morgan fingerprint density at radius 2 is 1.82 bits per heavy atom. The van der Waals surface area contributed by atoms with Crippen LogP contribution in [0, 0.1) is 0 Å². The Kier molecular flexibility index (Phi) is 5.96. The molecule has 2 N–H and O–H groups in total. The van der Waals surface area contributed by atoms with Gasteiger partial charge in [0.1, 0.15) is 0 Å². The lowest BCUT2D eigenvalue weighted by molar-refractivity contribution is 0.0337. The Labute approximate surface area is 168 Å². The molecule has 2 heterocycles. The van der Waals surface area contributed by atoms with E-state index in [1.807, 2.05) is 60.0 Å². The van der Waals surface area contributed by atoms with Gasteiger partial charge in [-0.2, -0.15) is 0 Å². The van der Waals surface area contributed by atoms with Gasteiger partial charge in [-0.05, 0) is 24.3 Å². The van der Waals surface area contributed by atoms with E-state index in [0.717, 1.165) is 49.9 Å². The minimum absolute atomic E-state index is 0.175. The second kappa shape index (κ2) is 8.97. The van der Waals surface area contributed by atoms with Crippen LogP contribution >= 0.6 is 11.3 Å². The average Bonchev–Trinajstić information content (AvgIpc) is 3.16. The highest BCUT2D eigenvalue weighted by Crippen LogP contribution is 2.23. The van der Waals surface area contributed by atoms with Crippen molar-refractivity contribution in [2.45, 2.75) is 6.54 Å². The molecule has 0 radical (unpaired) electrons. The third-order valence-electron chi connectivity index (χ3n) is 4.49. The number of nitrogens with zero attached hydrogens (tertiary/aromatic N) is 2. The number of carbonyl (C=O) groups is 1. The Bertz CT molecular complexity index is 923. The zero-order chi connectivity index (χ0) is 19.2. The zero-order valence-corrected chi connectivity index (χ0v) is 16.2. The number of benzene rings is 2. The van der Waals surface area contributed by atoms with E-state index >= 15 is 0 Å². The standard InChI is InChI=1S/C21H22N4O2S/c26-20(18-8-4-5-9-19(18)22-16-6-2-1-3-7-16)24-21-23-17(15-28-21)14-25-10-12-27-13-11-25/h1-9,15,22H,10-14H2,(H,23,24,26). The summed E-state index contributed by atoms with van der Waals surface area (Å²) >= 11 is 1.45. The first kappa shape index (κ1) is 18.6. The van der Waals surface area contributed by atoms with Gasteiger partial charge in [-0.15, -0.1) is 11.3 Å². The van der Waals surface area contributed by atoms with Crippen LogP contribution in [0.3, 0.4) is 0 Å². The molecule has 1 aliphatic heterocycles. The molecule has 0 aliphatic carbocycles. The van der Waals surface area contributed by atoms with Gasteiger partial charge in [0.15, 0.2) is 5.13 Å². The number of amides is 1. The number of hydrogen-bond donors (Lipinski definition) is 2. The summed E-state index contributed by atoms with van der Waals surface area (Å²) in [6, 6.07) is 17.3. The molecule has 0 spiro atoms. The highest BCUT2D eigenvalue weighted by molar-refractivity contribution is 7.14. The van der Waals surface area contributed by atoms with Gasteiger partial charge in [-0.3, -0.25) is 15.0 Å². The van der Waals surface area contributed by atoms with Gasteiger partial charge in [-0.25, -0.2) is 4.98 Å². The fraction of sp³-hybridized carbons (Fsp3) is 0.238. The molecule has 1 aliphatic rings. The van der Waals surface area contributed by atoms with Crippen LogP contribution in [0.4, 0.5) is 16.5 Å². The predicted octanol–water partition coefficient (Wildman–Crippen LogP) is 3.97. The van der Waals surface area contributed by atoms with Crippen molar-refractivity contribution in [3.05, 3.63) is 71.2 Å². The lowest BCUT2D eigenvalue weighted by Gasteiger charge is -2.25. The van der Waals surface area contributed by atoms with Gasteiger partial charge in [0.25, 0.3) is 5.91 Å². The number of aromatic nitrogens is 1. The Hall–Kier alpha value is -2.74. The molecular weight excluding hydrogens is 372 g/mol. The molecule has 0 bridgehead atoms. The molecule has 2 aromatic carbocycles. The van der Waals surface area contributed by atoms with Crippen molar-refractivity contribution in [3.63, 3.8) is 0 Å². The van der Waals surface area contributed by atoms with Crippen LogP contribution in [0.1, 0.15) is 16.1 Å². The van der Waals surface area contributed by atoms with E-state index in [0.29, 0.717) is 10.7 Å². The van der Waals surface area contributed by atoms with Crippen molar-refractivity contribution in [1.29, 1.82) is 0 Å². The molecule has 0 saturated carbocycles. The van der Waals surface area contributed by atoms with E-state index in [1.54, 1.807) is 0 Å². The summed E-state index contributed by atoms with van der Waals surface area (Å²) in [5.74, 6) is -0.175. The number of nitrogens with one attached hydrogen (secondary N) is 2. The molecular formula is C21H22N4O2S. The normalized spacial score (nSPS) is 14.6. The van der Waals surface area contributed by atoms with Crippen LogP contribution in [-0.4, -0.2) is 42.1 Å². The monoisotopic (exact) mass is 394 g/mol.